The Kier molecular flexibility index (Phi) is 5.28. The minimum absolute atomic E-state index is 0.0442. The quantitative estimate of drug-likeness (QED) is 0.513. The molecule has 0 bridgehead atoms. The molecule has 3 N–H and O–H groups in total. The van der Waals surface area contributed by atoms with Crippen LogP contribution in [-0.4, -0.2) is 19.5 Å². The van der Waals surface area contributed by atoms with Crippen LogP contribution in [0.3, 0.4) is 0 Å². The van der Waals surface area contributed by atoms with Gasteiger partial charge < -0.3 is 11.1 Å². The Morgan fingerprint density at radius 2 is 1.73 bits per heavy atom. The second-order valence-corrected chi connectivity index (χ2v) is 8.01. The fraction of sp³-hybridized carbons (Fsp3) is 0.0476. The van der Waals surface area contributed by atoms with Gasteiger partial charge in [-0.25, -0.2) is 18.0 Å². The van der Waals surface area contributed by atoms with Crippen molar-refractivity contribution in [3.63, 3.8) is 0 Å². The molecule has 0 radical (unpaired) electrons. The van der Waals surface area contributed by atoms with Crippen LogP contribution in [0.4, 0.5) is 14.6 Å². The molecule has 152 valence electrons. The molecule has 0 aliphatic rings. The third-order valence-electron chi connectivity index (χ3n) is 4.44. The fourth-order valence-electron chi connectivity index (χ4n) is 2.92. The van der Waals surface area contributed by atoms with E-state index in [1.54, 1.807) is 47.0 Å². The number of hydrogen-bond acceptors (Lipinski definition) is 4. The Morgan fingerprint density at radius 3 is 2.43 bits per heavy atom. The number of rotatable bonds is 5. The number of fused-ring (bicyclic) bond motifs is 1. The van der Waals surface area contributed by atoms with Crippen molar-refractivity contribution in [2.45, 2.75) is 16.3 Å². The zero-order chi connectivity index (χ0) is 21.3. The molecule has 0 saturated carbocycles. The van der Waals surface area contributed by atoms with Gasteiger partial charge in [-0.2, -0.15) is 0 Å². The molecule has 0 aliphatic carbocycles. The Morgan fingerprint density at radius 1 is 1.03 bits per heavy atom. The van der Waals surface area contributed by atoms with E-state index in [2.05, 4.69) is 10.3 Å². The lowest BCUT2D eigenvalue weighted by Gasteiger charge is -2.08. The summed E-state index contributed by atoms with van der Waals surface area (Å²) in [5, 5.41) is 2.80. The normalized spacial score (nSPS) is 12.1. The van der Waals surface area contributed by atoms with Gasteiger partial charge in [0, 0.05) is 28.6 Å². The third kappa shape index (κ3) is 4.06. The van der Waals surface area contributed by atoms with Gasteiger partial charge >= 0.3 is 0 Å². The average Bonchev–Trinajstić information content (AvgIpc) is 3.11. The number of carbonyl (C=O) groups excluding carboxylic acids is 1. The van der Waals surface area contributed by atoms with Crippen molar-refractivity contribution >= 4 is 28.2 Å². The maximum atomic E-state index is 13.3. The number of halogens is 2. The van der Waals surface area contributed by atoms with E-state index in [-0.39, 0.29) is 17.3 Å². The lowest BCUT2D eigenvalue weighted by atomic mass is 10.2. The summed E-state index contributed by atoms with van der Waals surface area (Å²) in [5.74, 6) is -1.42. The molecular weight excluding hydrogens is 410 g/mol. The third-order valence-corrected chi connectivity index (χ3v) is 5.80. The first-order chi connectivity index (χ1) is 14.4. The predicted octanol–water partition coefficient (Wildman–Crippen LogP) is 3.29. The molecule has 4 aromatic rings. The summed E-state index contributed by atoms with van der Waals surface area (Å²) < 4.78 is 40.8. The number of nitrogens with two attached hydrogens (primary N) is 1. The molecule has 6 nitrogen and oxygen atoms in total. The number of anilines is 1. The van der Waals surface area contributed by atoms with Crippen molar-refractivity contribution in [1.29, 1.82) is 0 Å². The largest absolute Gasteiger partial charge is 0.383 e. The summed E-state index contributed by atoms with van der Waals surface area (Å²) in [6, 6.07) is 12.7. The first kappa shape index (κ1) is 19.7. The van der Waals surface area contributed by atoms with Gasteiger partial charge in [-0.15, -0.1) is 0 Å². The van der Waals surface area contributed by atoms with Crippen LogP contribution in [0.1, 0.15) is 15.9 Å². The van der Waals surface area contributed by atoms with Crippen LogP contribution in [-0.2, 0) is 17.3 Å². The van der Waals surface area contributed by atoms with E-state index in [4.69, 9.17) is 5.73 Å². The predicted molar refractivity (Wildman–Crippen MR) is 108 cm³/mol. The number of aromatic nitrogens is 2. The first-order valence-corrected chi connectivity index (χ1v) is 10.0. The SMILES string of the molecule is Nc1cnc2ccc(C(=O)NCc3ccc(S(=O)c4cc(F)cc(F)c4)cc3)cn12. The van der Waals surface area contributed by atoms with E-state index >= 15 is 0 Å². The lowest BCUT2D eigenvalue weighted by molar-refractivity contribution is 0.0950. The maximum Gasteiger partial charge on any atom is 0.253 e. The summed E-state index contributed by atoms with van der Waals surface area (Å²) in [6.07, 6.45) is 3.12. The van der Waals surface area contributed by atoms with Gasteiger partial charge in [-0.1, -0.05) is 12.1 Å². The molecule has 0 aliphatic heterocycles. The molecule has 0 saturated heterocycles. The molecule has 30 heavy (non-hydrogen) atoms. The zero-order valence-electron chi connectivity index (χ0n) is 15.5. The highest BCUT2D eigenvalue weighted by molar-refractivity contribution is 7.85. The van der Waals surface area contributed by atoms with Gasteiger partial charge in [0.2, 0.25) is 0 Å². The van der Waals surface area contributed by atoms with Gasteiger partial charge in [-0.3, -0.25) is 9.20 Å². The van der Waals surface area contributed by atoms with Crippen molar-refractivity contribution in [3.8, 4) is 0 Å². The van der Waals surface area contributed by atoms with Crippen molar-refractivity contribution in [2.75, 3.05) is 5.73 Å². The van der Waals surface area contributed by atoms with E-state index in [9.17, 15) is 17.8 Å². The smallest absolute Gasteiger partial charge is 0.253 e. The topological polar surface area (TPSA) is 89.5 Å². The van der Waals surface area contributed by atoms with Crippen molar-refractivity contribution in [2.24, 2.45) is 0 Å². The standard InChI is InChI=1S/C21H16F2N4O2S/c22-15-7-16(23)9-18(8-15)30(29)17-4-1-13(2-5-17)10-26-21(28)14-3-6-20-25-11-19(24)27(20)12-14/h1-9,11-12H,10,24H2,(H,26,28). The van der Waals surface area contributed by atoms with Crippen LogP contribution in [0.15, 0.2) is 76.8 Å². The summed E-state index contributed by atoms with van der Waals surface area (Å²) in [5.41, 5.74) is 7.66. The van der Waals surface area contributed by atoms with Crippen LogP contribution in [0.2, 0.25) is 0 Å². The van der Waals surface area contributed by atoms with Crippen LogP contribution in [0, 0.1) is 11.6 Å². The van der Waals surface area contributed by atoms with Crippen LogP contribution >= 0.6 is 0 Å². The molecule has 1 amide bonds. The summed E-state index contributed by atoms with van der Waals surface area (Å²) in [4.78, 5) is 17.0. The Labute approximate surface area is 172 Å². The number of nitrogen functional groups attached to an aromatic ring is 1. The highest BCUT2D eigenvalue weighted by Crippen LogP contribution is 2.19. The summed E-state index contributed by atoms with van der Waals surface area (Å²) in [6.45, 7) is 0.248. The zero-order valence-corrected chi connectivity index (χ0v) is 16.3. The highest BCUT2D eigenvalue weighted by Gasteiger charge is 2.11. The van der Waals surface area contributed by atoms with Crippen LogP contribution < -0.4 is 11.1 Å². The van der Waals surface area contributed by atoms with Gasteiger partial charge in [0.15, 0.2) is 0 Å². The van der Waals surface area contributed by atoms with Crippen molar-refractivity contribution in [1.82, 2.24) is 14.7 Å². The van der Waals surface area contributed by atoms with Gasteiger partial charge in [0.25, 0.3) is 5.91 Å². The molecule has 2 heterocycles. The van der Waals surface area contributed by atoms with Crippen LogP contribution in [0.25, 0.3) is 5.65 Å². The van der Waals surface area contributed by atoms with E-state index in [1.807, 2.05) is 0 Å². The molecule has 0 spiro atoms. The average molecular weight is 426 g/mol. The number of benzene rings is 2. The second kappa shape index (κ2) is 8.03. The molecule has 9 heteroatoms. The summed E-state index contributed by atoms with van der Waals surface area (Å²) >= 11 is 0. The minimum atomic E-state index is -1.72. The number of carbonyl (C=O) groups is 1. The fourth-order valence-corrected chi connectivity index (χ4v) is 4.02. The Hall–Kier alpha value is -3.59. The van der Waals surface area contributed by atoms with E-state index < -0.39 is 22.4 Å². The Bertz CT molecular complexity index is 1250. The highest BCUT2D eigenvalue weighted by atomic mass is 32.2. The minimum Gasteiger partial charge on any atom is -0.383 e. The number of amides is 1. The van der Waals surface area contributed by atoms with Gasteiger partial charge in [-0.05, 0) is 42.0 Å². The molecule has 2 aromatic carbocycles. The van der Waals surface area contributed by atoms with E-state index in [1.165, 1.54) is 6.20 Å². The molecule has 2 aromatic heterocycles. The molecule has 4 rings (SSSR count). The lowest BCUT2D eigenvalue weighted by Crippen LogP contribution is -2.23. The number of nitrogens with zero attached hydrogens (tertiary/aromatic N) is 2. The summed E-state index contributed by atoms with van der Waals surface area (Å²) in [7, 11) is -1.72. The molecule has 1 unspecified atom stereocenters. The molecule has 0 fully saturated rings. The van der Waals surface area contributed by atoms with E-state index in [0.29, 0.717) is 21.9 Å². The second-order valence-electron chi connectivity index (χ2n) is 6.53. The van der Waals surface area contributed by atoms with Crippen molar-refractivity contribution < 1.29 is 17.8 Å². The molecular formula is C21H16F2N4O2S. The Balaban J connectivity index is 1.43. The van der Waals surface area contributed by atoms with Gasteiger partial charge in [0.05, 0.1) is 22.6 Å². The number of imidazole rings is 1. The number of hydrogen-bond donors (Lipinski definition) is 2. The number of nitrogens with one attached hydrogen (secondary N) is 1. The van der Waals surface area contributed by atoms with Gasteiger partial charge in [0.1, 0.15) is 23.1 Å². The first-order valence-electron chi connectivity index (χ1n) is 8.88. The number of pyridine rings is 1. The van der Waals surface area contributed by atoms with Crippen LogP contribution in [0.5, 0.6) is 0 Å². The van der Waals surface area contributed by atoms with Crippen molar-refractivity contribution in [3.05, 3.63) is 89.8 Å². The molecule has 1 atom stereocenters. The maximum absolute atomic E-state index is 13.3. The van der Waals surface area contributed by atoms with E-state index in [0.717, 1.165) is 23.8 Å². The monoisotopic (exact) mass is 426 g/mol.